The summed E-state index contributed by atoms with van der Waals surface area (Å²) in [6.07, 6.45) is 6.68. The second kappa shape index (κ2) is 10.5. The van der Waals surface area contributed by atoms with Crippen LogP contribution in [0.3, 0.4) is 0 Å². The van der Waals surface area contributed by atoms with Crippen molar-refractivity contribution in [3.05, 3.63) is 100 Å². The van der Waals surface area contributed by atoms with Gasteiger partial charge in [0.25, 0.3) is 0 Å². The molecule has 0 unspecified atom stereocenters. The van der Waals surface area contributed by atoms with E-state index in [2.05, 4.69) is 6.07 Å². The second-order valence-corrected chi connectivity index (χ2v) is 8.81. The van der Waals surface area contributed by atoms with Gasteiger partial charge in [0.1, 0.15) is 0 Å². The third kappa shape index (κ3) is 6.53. The van der Waals surface area contributed by atoms with Crippen LogP contribution in [0.25, 0.3) is 6.08 Å². The van der Waals surface area contributed by atoms with Gasteiger partial charge in [-0.3, -0.25) is 4.79 Å². The van der Waals surface area contributed by atoms with E-state index >= 15 is 0 Å². The fraction of sp³-hybridized carbons (Fsp3) is 0.286. The molecule has 5 nitrogen and oxygen atoms in total. The average molecular weight is 446 g/mol. The van der Waals surface area contributed by atoms with E-state index in [1.165, 1.54) is 0 Å². The molecule has 1 aromatic heterocycles. The number of aryl methyl sites for hydroxylation is 2. The standard InChI is InChI=1S/C28H31NO4/c1-20-10-12-24(13-11-20)26(30)25-17-21(2)19-29(25)15-6-9-22-7-5-8-23(18-22)14-16-33-28(3,4)27(31)32/h5-13,17-19H,14-16H2,1-4H3,(H,31,32). The van der Waals surface area contributed by atoms with Crippen LogP contribution in [0.15, 0.2) is 66.9 Å². The van der Waals surface area contributed by atoms with Gasteiger partial charge in [-0.2, -0.15) is 0 Å². The Morgan fingerprint density at radius 2 is 1.76 bits per heavy atom. The van der Waals surface area contributed by atoms with E-state index in [0.29, 0.717) is 30.8 Å². The van der Waals surface area contributed by atoms with Gasteiger partial charge < -0.3 is 14.4 Å². The topological polar surface area (TPSA) is 68.5 Å². The van der Waals surface area contributed by atoms with Gasteiger partial charge in [-0.05, 0) is 56.9 Å². The van der Waals surface area contributed by atoms with Crippen molar-refractivity contribution in [1.29, 1.82) is 0 Å². The number of carboxylic acid groups (broad SMARTS) is 1. The average Bonchev–Trinajstić information content (AvgIpc) is 3.14. The predicted octanol–water partition coefficient (Wildman–Crippen LogP) is 5.47. The van der Waals surface area contributed by atoms with Crippen molar-refractivity contribution in [3.63, 3.8) is 0 Å². The van der Waals surface area contributed by atoms with E-state index in [-0.39, 0.29) is 5.78 Å². The van der Waals surface area contributed by atoms with E-state index in [9.17, 15) is 9.59 Å². The van der Waals surface area contributed by atoms with Crippen LogP contribution in [0.2, 0.25) is 0 Å². The SMILES string of the molecule is Cc1ccc(C(=O)c2cc(C)cn2CC=Cc2cccc(CCOC(C)(C)C(=O)O)c2)cc1. The Balaban J connectivity index is 1.65. The van der Waals surface area contributed by atoms with Gasteiger partial charge in [0.15, 0.2) is 5.60 Å². The molecule has 0 saturated heterocycles. The summed E-state index contributed by atoms with van der Waals surface area (Å²) < 4.78 is 7.47. The van der Waals surface area contributed by atoms with E-state index < -0.39 is 11.6 Å². The Kier molecular flexibility index (Phi) is 7.67. The lowest BCUT2D eigenvalue weighted by Crippen LogP contribution is -2.35. The summed E-state index contributed by atoms with van der Waals surface area (Å²) in [5.74, 6) is -0.956. The summed E-state index contributed by atoms with van der Waals surface area (Å²) in [5, 5.41) is 9.15. The highest BCUT2D eigenvalue weighted by atomic mass is 16.5. The van der Waals surface area contributed by atoms with E-state index in [1.54, 1.807) is 13.8 Å². The van der Waals surface area contributed by atoms with Crippen LogP contribution >= 0.6 is 0 Å². The number of hydrogen-bond acceptors (Lipinski definition) is 3. The molecule has 1 N–H and O–H groups in total. The molecule has 0 bridgehead atoms. The Morgan fingerprint density at radius 1 is 1.03 bits per heavy atom. The van der Waals surface area contributed by atoms with Gasteiger partial charge in [0, 0.05) is 18.3 Å². The summed E-state index contributed by atoms with van der Waals surface area (Å²) in [5.41, 5.74) is 4.45. The Hall–Kier alpha value is -3.44. The number of allylic oxidation sites excluding steroid dienone is 1. The van der Waals surface area contributed by atoms with Gasteiger partial charge in [-0.25, -0.2) is 4.79 Å². The maximum absolute atomic E-state index is 13.0. The second-order valence-electron chi connectivity index (χ2n) is 8.81. The number of benzene rings is 2. The number of carbonyl (C=O) groups excluding carboxylic acids is 1. The third-order valence-corrected chi connectivity index (χ3v) is 5.51. The minimum absolute atomic E-state index is 0.0165. The van der Waals surface area contributed by atoms with Gasteiger partial charge in [0.05, 0.1) is 12.3 Å². The lowest BCUT2D eigenvalue weighted by atomic mass is 10.1. The van der Waals surface area contributed by atoms with Gasteiger partial charge in [-0.15, -0.1) is 0 Å². The molecular weight excluding hydrogens is 414 g/mol. The summed E-state index contributed by atoms with van der Waals surface area (Å²) in [4.78, 5) is 24.1. The van der Waals surface area contributed by atoms with Crippen molar-refractivity contribution >= 4 is 17.8 Å². The first-order chi connectivity index (χ1) is 15.7. The molecule has 2 aromatic carbocycles. The summed E-state index contributed by atoms with van der Waals surface area (Å²) in [7, 11) is 0. The molecule has 3 rings (SSSR count). The Bertz CT molecular complexity index is 1150. The molecule has 33 heavy (non-hydrogen) atoms. The van der Waals surface area contributed by atoms with Crippen LogP contribution in [-0.4, -0.2) is 33.6 Å². The fourth-order valence-electron chi connectivity index (χ4n) is 3.49. The number of aromatic nitrogens is 1. The molecule has 0 fully saturated rings. The van der Waals surface area contributed by atoms with Crippen LogP contribution < -0.4 is 0 Å². The minimum Gasteiger partial charge on any atom is -0.479 e. The van der Waals surface area contributed by atoms with Crippen LogP contribution in [0.1, 0.15) is 52.2 Å². The molecule has 0 amide bonds. The molecule has 0 atom stereocenters. The van der Waals surface area contributed by atoms with Crippen LogP contribution in [0, 0.1) is 13.8 Å². The summed E-state index contributed by atoms with van der Waals surface area (Å²) in [6, 6.07) is 17.6. The first kappa shape index (κ1) is 24.2. The first-order valence-electron chi connectivity index (χ1n) is 11.1. The summed E-state index contributed by atoms with van der Waals surface area (Å²) >= 11 is 0. The van der Waals surface area contributed by atoms with Crippen molar-refractivity contribution in [3.8, 4) is 0 Å². The molecule has 0 saturated carbocycles. The molecule has 0 aliphatic heterocycles. The molecular formula is C28H31NO4. The zero-order valence-electron chi connectivity index (χ0n) is 19.7. The molecule has 5 heteroatoms. The molecule has 0 radical (unpaired) electrons. The maximum Gasteiger partial charge on any atom is 0.335 e. The van der Waals surface area contributed by atoms with Crippen molar-refractivity contribution in [2.45, 2.75) is 46.3 Å². The van der Waals surface area contributed by atoms with E-state index in [1.807, 2.05) is 85.3 Å². The first-order valence-corrected chi connectivity index (χ1v) is 11.1. The van der Waals surface area contributed by atoms with Crippen LogP contribution in [0.5, 0.6) is 0 Å². The van der Waals surface area contributed by atoms with Gasteiger partial charge in [0.2, 0.25) is 5.78 Å². The monoisotopic (exact) mass is 445 g/mol. The van der Waals surface area contributed by atoms with Gasteiger partial charge in [-0.1, -0.05) is 66.2 Å². The molecule has 0 spiro atoms. The number of carbonyl (C=O) groups is 2. The number of nitrogens with zero attached hydrogens (tertiary/aromatic N) is 1. The molecule has 0 aliphatic rings. The summed E-state index contributed by atoms with van der Waals surface area (Å²) in [6.45, 7) is 8.01. The van der Waals surface area contributed by atoms with Crippen molar-refractivity contribution in [2.75, 3.05) is 6.61 Å². The molecule has 1 heterocycles. The predicted molar refractivity (Wildman–Crippen MR) is 131 cm³/mol. The van der Waals surface area contributed by atoms with E-state index in [0.717, 1.165) is 22.3 Å². The molecule has 172 valence electrons. The normalized spacial score (nSPS) is 11.8. The smallest absolute Gasteiger partial charge is 0.335 e. The number of ketones is 1. The van der Waals surface area contributed by atoms with Crippen molar-refractivity contribution in [1.82, 2.24) is 4.57 Å². The van der Waals surface area contributed by atoms with Crippen molar-refractivity contribution in [2.24, 2.45) is 0 Å². The highest BCUT2D eigenvalue weighted by molar-refractivity contribution is 6.08. The van der Waals surface area contributed by atoms with Crippen LogP contribution in [-0.2, 0) is 22.5 Å². The highest BCUT2D eigenvalue weighted by Crippen LogP contribution is 2.16. The molecule has 0 aliphatic carbocycles. The lowest BCUT2D eigenvalue weighted by molar-refractivity contribution is -0.161. The number of carboxylic acids is 1. The number of hydrogen-bond donors (Lipinski definition) is 1. The Morgan fingerprint density at radius 3 is 2.45 bits per heavy atom. The molecule has 3 aromatic rings. The van der Waals surface area contributed by atoms with Crippen LogP contribution in [0.4, 0.5) is 0 Å². The van der Waals surface area contributed by atoms with Crippen molar-refractivity contribution < 1.29 is 19.4 Å². The van der Waals surface area contributed by atoms with E-state index in [4.69, 9.17) is 9.84 Å². The largest absolute Gasteiger partial charge is 0.479 e. The zero-order chi connectivity index (χ0) is 24.0. The van der Waals surface area contributed by atoms with Gasteiger partial charge >= 0.3 is 5.97 Å². The Labute approximate surface area is 195 Å². The number of ether oxygens (including phenoxy) is 1. The maximum atomic E-state index is 13.0. The number of rotatable bonds is 10. The zero-order valence-corrected chi connectivity index (χ0v) is 19.7. The third-order valence-electron chi connectivity index (χ3n) is 5.51. The number of aliphatic carboxylic acids is 1. The lowest BCUT2D eigenvalue weighted by Gasteiger charge is -2.19. The highest BCUT2D eigenvalue weighted by Gasteiger charge is 2.27. The fourth-order valence-corrected chi connectivity index (χ4v) is 3.49. The minimum atomic E-state index is -1.19. The quantitative estimate of drug-likeness (QED) is 0.420.